The van der Waals surface area contributed by atoms with Gasteiger partial charge in [0, 0.05) is 19.3 Å². The van der Waals surface area contributed by atoms with E-state index in [0.29, 0.717) is 30.1 Å². The summed E-state index contributed by atoms with van der Waals surface area (Å²) in [7, 11) is 0. The average Bonchev–Trinajstić information content (AvgIpc) is 3.35. The van der Waals surface area contributed by atoms with Gasteiger partial charge in [-0.05, 0) is 25.0 Å². The third kappa shape index (κ3) is 3.41. The van der Waals surface area contributed by atoms with Crippen LogP contribution in [0.5, 0.6) is 0 Å². The van der Waals surface area contributed by atoms with E-state index in [4.69, 9.17) is 4.98 Å². The highest BCUT2D eigenvalue weighted by Crippen LogP contribution is 2.24. The molecular formula is C21H24N6O2. The van der Waals surface area contributed by atoms with E-state index in [2.05, 4.69) is 17.0 Å². The van der Waals surface area contributed by atoms with Gasteiger partial charge in [-0.3, -0.25) is 14.3 Å². The van der Waals surface area contributed by atoms with Crippen molar-refractivity contribution in [3.8, 4) is 17.1 Å². The molecule has 1 N–H and O–H groups in total. The molecule has 29 heavy (non-hydrogen) atoms. The minimum absolute atomic E-state index is 0.400. The minimum atomic E-state index is -0.420. The van der Waals surface area contributed by atoms with Crippen LogP contribution < -0.4 is 11.2 Å². The first-order valence-electron chi connectivity index (χ1n) is 9.97. The molecule has 0 aliphatic carbocycles. The molecule has 3 heterocycles. The Bertz CT molecular complexity index is 1250. The lowest BCUT2D eigenvalue weighted by Gasteiger charge is -2.07. The molecule has 3 aromatic heterocycles. The summed E-state index contributed by atoms with van der Waals surface area (Å²) in [5, 5.41) is 4.46. The number of nitrogens with zero attached hydrogens (tertiary/aromatic N) is 5. The maximum atomic E-state index is 12.7. The third-order valence-electron chi connectivity index (χ3n) is 4.93. The Morgan fingerprint density at radius 2 is 1.79 bits per heavy atom. The number of nitrogens with one attached hydrogen (secondary N) is 1. The minimum Gasteiger partial charge on any atom is -0.318 e. The van der Waals surface area contributed by atoms with E-state index < -0.39 is 11.2 Å². The molecule has 0 radical (unpaired) electrons. The van der Waals surface area contributed by atoms with Gasteiger partial charge in [-0.2, -0.15) is 5.10 Å². The molecule has 1 aromatic carbocycles. The summed E-state index contributed by atoms with van der Waals surface area (Å²) in [4.78, 5) is 32.2. The normalized spacial score (nSPS) is 11.4. The predicted octanol–water partition coefficient (Wildman–Crippen LogP) is 2.95. The molecule has 8 heteroatoms. The van der Waals surface area contributed by atoms with Crippen molar-refractivity contribution in [3.63, 3.8) is 0 Å². The number of hydrogen-bond acceptors (Lipinski definition) is 4. The zero-order chi connectivity index (χ0) is 20.4. The molecule has 0 spiro atoms. The molecular weight excluding hydrogens is 368 g/mol. The molecule has 0 saturated heterocycles. The number of para-hydroxylation sites is 1. The molecule has 0 saturated carbocycles. The predicted molar refractivity (Wildman–Crippen MR) is 112 cm³/mol. The number of aryl methyl sites for hydroxylation is 2. The van der Waals surface area contributed by atoms with Crippen molar-refractivity contribution in [1.82, 2.24) is 28.9 Å². The highest BCUT2D eigenvalue weighted by atomic mass is 16.2. The van der Waals surface area contributed by atoms with Gasteiger partial charge < -0.3 is 4.57 Å². The lowest BCUT2D eigenvalue weighted by Crippen LogP contribution is -2.31. The van der Waals surface area contributed by atoms with Crippen LogP contribution >= 0.6 is 0 Å². The number of aromatic nitrogens is 6. The quantitative estimate of drug-likeness (QED) is 0.523. The van der Waals surface area contributed by atoms with Crippen molar-refractivity contribution in [2.45, 2.75) is 46.2 Å². The highest BCUT2D eigenvalue weighted by Gasteiger charge is 2.20. The third-order valence-corrected chi connectivity index (χ3v) is 4.93. The maximum Gasteiger partial charge on any atom is 0.330 e. The van der Waals surface area contributed by atoms with Gasteiger partial charge in [0.1, 0.15) is 5.82 Å². The first kappa shape index (κ1) is 18.9. The zero-order valence-corrected chi connectivity index (χ0v) is 16.6. The monoisotopic (exact) mass is 392 g/mol. The lowest BCUT2D eigenvalue weighted by molar-refractivity contribution is 0.640. The fourth-order valence-electron chi connectivity index (χ4n) is 3.52. The zero-order valence-electron chi connectivity index (χ0n) is 16.6. The molecule has 0 aliphatic heterocycles. The van der Waals surface area contributed by atoms with Crippen LogP contribution in [0.1, 0.15) is 33.1 Å². The van der Waals surface area contributed by atoms with Crippen molar-refractivity contribution in [2.75, 3.05) is 0 Å². The topological polar surface area (TPSA) is 90.5 Å². The number of imidazole rings is 1. The summed E-state index contributed by atoms with van der Waals surface area (Å²) in [6.07, 6.45) is 6.29. The summed E-state index contributed by atoms with van der Waals surface area (Å²) in [6, 6.07) is 9.81. The van der Waals surface area contributed by atoms with Gasteiger partial charge in [0.2, 0.25) is 0 Å². The Morgan fingerprint density at radius 1 is 1.00 bits per heavy atom. The number of benzene rings is 1. The Morgan fingerprint density at radius 3 is 2.52 bits per heavy atom. The highest BCUT2D eigenvalue weighted by molar-refractivity contribution is 5.76. The fraction of sp³-hybridized carbons (Fsp3) is 0.333. The summed E-state index contributed by atoms with van der Waals surface area (Å²) in [5.74, 6) is 0.650. The van der Waals surface area contributed by atoms with E-state index in [1.54, 1.807) is 15.4 Å². The summed E-state index contributed by atoms with van der Waals surface area (Å²) >= 11 is 0. The molecule has 0 aliphatic rings. The number of rotatable bonds is 7. The van der Waals surface area contributed by atoms with E-state index in [1.807, 2.05) is 48.0 Å². The molecule has 4 rings (SSSR count). The number of hydrogen-bond donors (Lipinski definition) is 1. The Balaban J connectivity index is 1.93. The standard InChI is InChI=1S/C21H24N6O2/c1-3-5-12-25-17-19(26(11-4-2)21(29)24-20(17)28)23-18(25)15-13-22-27(14-15)16-9-7-6-8-10-16/h6-10,13-14H,3-5,11-12H2,1-2H3,(H,24,28,29). The van der Waals surface area contributed by atoms with Crippen LogP contribution in [0, 0.1) is 0 Å². The number of unbranched alkanes of at least 4 members (excludes halogenated alkanes) is 1. The van der Waals surface area contributed by atoms with Crippen molar-refractivity contribution < 1.29 is 0 Å². The first-order valence-corrected chi connectivity index (χ1v) is 9.97. The van der Waals surface area contributed by atoms with Gasteiger partial charge in [-0.15, -0.1) is 0 Å². The largest absolute Gasteiger partial charge is 0.330 e. The Hall–Kier alpha value is -3.42. The summed E-state index contributed by atoms with van der Waals surface area (Å²) < 4.78 is 5.24. The van der Waals surface area contributed by atoms with Crippen LogP contribution in [0.25, 0.3) is 28.2 Å². The van der Waals surface area contributed by atoms with Crippen LogP contribution in [0.4, 0.5) is 0 Å². The van der Waals surface area contributed by atoms with E-state index in [9.17, 15) is 9.59 Å². The summed E-state index contributed by atoms with van der Waals surface area (Å²) in [5.41, 5.74) is 1.79. The van der Waals surface area contributed by atoms with Gasteiger partial charge in [-0.1, -0.05) is 38.5 Å². The second-order valence-electron chi connectivity index (χ2n) is 7.03. The van der Waals surface area contributed by atoms with E-state index >= 15 is 0 Å². The molecule has 150 valence electrons. The van der Waals surface area contributed by atoms with Crippen molar-refractivity contribution in [3.05, 3.63) is 63.6 Å². The fourth-order valence-corrected chi connectivity index (χ4v) is 3.52. The smallest absolute Gasteiger partial charge is 0.318 e. The lowest BCUT2D eigenvalue weighted by atomic mass is 10.3. The van der Waals surface area contributed by atoms with Crippen LogP contribution in [0.3, 0.4) is 0 Å². The molecule has 4 aromatic rings. The summed E-state index contributed by atoms with van der Waals surface area (Å²) in [6.45, 7) is 5.23. The van der Waals surface area contributed by atoms with Gasteiger partial charge in [0.15, 0.2) is 11.2 Å². The SMILES string of the molecule is CCCCn1c(-c2cnn(-c3ccccc3)c2)nc2c1c(=O)[nH]c(=O)n2CCC. The van der Waals surface area contributed by atoms with E-state index in [1.165, 1.54) is 0 Å². The van der Waals surface area contributed by atoms with Gasteiger partial charge >= 0.3 is 5.69 Å². The van der Waals surface area contributed by atoms with Crippen molar-refractivity contribution in [1.29, 1.82) is 0 Å². The van der Waals surface area contributed by atoms with Crippen LogP contribution in [-0.4, -0.2) is 28.9 Å². The maximum absolute atomic E-state index is 12.7. The second-order valence-corrected chi connectivity index (χ2v) is 7.03. The van der Waals surface area contributed by atoms with Crippen molar-refractivity contribution >= 4 is 11.2 Å². The second kappa shape index (κ2) is 7.90. The van der Waals surface area contributed by atoms with Crippen LogP contribution in [0.2, 0.25) is 0 Å². The number of H-pyrrole nitrogens is 1. The molecule has 0 amide bonds. The molecule has 0 bridgehead atoms. The number of aromatic amines is 1. The van der Waals surface area contributed by atoms with Crippen molar-refractivity contribution in [2.24, 2.45) is 0 Å². The van der Waals surface area contributed by atoms with Gasteiger partial charge in [0.05, 0.1) is 17.4 Å². The molecule has 0 unspecified atom stereocenters. The Labute approximate surface area is 167 Å². The molecule has 0 atom stereocenters. The van der Waals surface area contributed by atoms with Gasteiger partial charge in [0.25, 0.3) is 5.56 Å². The first-order chi connectivity index (χ1) is 14.1. The van der Waals surface area contributed by atoms with Crippen LogP contribution in [-0.2, 0) is 13.1 Å². The van der Waals surface area contributed by atoms with Gasteiger partial charge in [-0.25, -0.2) is 14.5 Å². The average molecular weight is 392 g/mol. The van der Waals surface area contributed by atoms with E-state index in [-0.39, 0.29) is 0 Å². The molecule has 0 fully saturated rings. The van der Waals surface area contributed by atoms with E-state index in [0.717, 1.165) is 30.5 Å². The van der Waals surface area contributed by atoms with Crippen LogP contribution in [0.15, 0.2) is 52.3 Å². The Kier molecular flexibility index (Phi) is 5.16. The number of fused-ring (bicyclic) bond motifs is 1. The molecule has 8 nitrogen and oxygen atoms in total.